The minimum Gasteiger partial charge on any atom is -0.375 e. The van der Waals surface area contributed by atoms with E-state index in [-0.39, 0.29) is 24.4 Å². The summed E-state index contributed by atoms with van der Waals surface area (Å²) in [6.45, 7) is 0.159. The Labute approximate surface area is 168 Å². The molecule has 6 heteroatoms. The van der Waals surface area contributed by atoms with Crippen molar-refractivity contribution in [1.82, 2.24) is 5.32 Å². The molecule has 2 aromatic rings. The van der Waals surface area contributed by atoms with E-state index in [1.54, 1.807) is 24.3 Å². The lowest BCUT2D eigenvalue weighted by Gasteiger charge is -2.22. The van der Waals surface area contributed by atoms with E-state index in [0.717, 1.165) is 23.0 Å². The first-order valence-electron chi connectivity index (χ1n) is 9.31. The zero-order valence-corrected chi connectivity index (χ0v) is 16.7. The van der Waals surface area contributed by atoms with Gasteiger partial charge >= 0.3 is 0 Å². The van der Waals surface area contributed by atoms with Crippen LogP contribution >= 0.6 is 15.9 Å². The van der Waals surface area contributed by atoms with Crippen molar-refractivity contribution in [2.75, 3.05) is 17.2 Å². The van der Waals surface area contributed by atoms with Gasteiger partial charge < -0.3 is 16.0 Å². The van der Waals surface area contributed by atoms with E-state index in [1.807, 2.05) is 24.3 Å². The van der Waals surface area contributed by atoms with Gasteiger partial charge in [-0.3, -0.25) is 9.59 Å². The Hall–Kier alpha value is -2.34. The lowest BCUT2D eigenvalue weighted by molar-refractivity contribution is -0.114. The maximum atomic E-state index is 12.3. The molecule has 0 spiro atoms. The van der Waals surface area contributed by atoms with Crippen molar-refractivity contribution >= 4 is 39.1 Å². The fourth-order valence-corrected chi connectivity index (χ4v) is 3.63. The third-order valence-electron chi connectivity index (χ3n) is 4.68. The summed E-state index contributed by atoms with van der Waals surface area (Å²) in [7, 11) is 0. The molecule has 1 aliphatic carbocycles. The molecule has 3 rings (SSSR count). The Morgan fingerprint density at radius 3 is 2.37 bits per heavy atom. The second-order valence-corrected chi connectivity index (χ2v) is 7.62. The van der Waals surface area contributed by atoms with E-state index in [9.17, 15) is 9.59 Å². The molecule has 0 aliphatic heterocycles. The molecule has 1 aliphatic rings. The average molecular weight is 430 g/mol. The van der Waals surface area contributed by atoms with Crippen molar-refractivity contribution < 1.29 is 9.59 Å². The molecule has 1 fully saturated rings. The largest absolute Gasteiger partial charge is 0.375 e. The Kier molecular flexibility index (Phi) is 6.87. The maximum absolute atomic E-state index is 12.3. The highest BCUT2D eigenvalue weighted by Crippen LogP contribution is 2.21. The molecule has 0 aromatic heterocycles. The van der Waals surface area contributed by atoms with E-state index < -0.39 is 0 Å². The minimum atomic E-state index is -0.148. The summed E-state index contributed by atoms with van der Waals surface area (Å²) in [4.78, 5) is 24.4. The zero-order chi connectivity index (χ0) is 19.1. The third kappa shape index (κ3) is 5.82. The molecule has 0 unspecified atom stereocenters. The summed E-state index contributed by atoms with van der Waals surface area (Å²) in [6.07, 6.45) is 5.75. The van der Waals surface area contributed by atoms with E-state index >= 15 is 0 Å². The number of hydrogen-bond acceptors (Lipinski definition) is 3. The van der Waals surface area contributed by atoms with Gasteiger partial charge in [0.05, 0.1) is 6.54 Å². The van der Waals surface area contributed by atoms with E-state index in [1.165, 1.54) is 19.3 Å². The van der Waals surface area contributed by atoms with Crippen LogP contribution in [0.1, 0.15) is 42.5 Å². The molecule has 5 nitrogen and oxygen atoms in total. The Morgan fingerprint density at radius 2 is 1.67 bits per heavy atom. The number of halogens is 1. The van der Waals surface area contributed by atoms with Crippen LogP contribution in [0.2, 0.25) is 0 Å². The molecule has 2 amide bonds. The van der Waals surface area contributed by atoms with E-state index in [2.05, 4.69) is 31.9 Å². The SMILES string of the molecule is O=C(CNc1ccccc1Br)Nc1ccc(C(=O)NC2CCCCC2)cc1. The van der Waals surface area contributed by atoms with Crippen LogP contribution in [0, 0.1) is 0 Å². The van der Waals surface area contributed by atoms with Crippen molar-refractivity contribution in [3.05, 3.63) is 58.6 Å². The van der Waals surface area contributed by atoms with Crippen molar-refractivity contribution in [3.8, 4) is 0 Å². The van der Waals surface area contributed by atoms with Gasteiger partial charge in [-0.1, -0.05) is 31.4 Å². The standard InChI is InChI=1S/C21H24BrN3O2/c22-18-8-4-5-9-19(18)23-14-20(26)24-17-12-10-15(11-13-17)21(27)25-16-6-2-1-3-7-16/h4-5,8-13,16,23H,1-3,6-7,14H2,(H,24,26)(H,25,27). The molecule has 27 heavy (non-hydrogen) atoms. The van der Waals surface area contributed by atoms with Gasteiger partial charge in [0.2, 0.25) is 5.91 Å². The Bertz CT molecular complexity index is 786. The third-order valence-corrected chi connectivity index (χ3v) is 5.38. The first-order chi connectivity index (χ1) is 13.1. The molecule has 0 radical (unpaired) electrons. The van der Waals surface area contributed by atoms with Crippen LogP contribution in [0.4, 0.5) is 11.4 Å². The van der Waals surface area contributed by atoms with Crippen molar-refractivity contribution in [2.24, 2.45) is 0 Å². The van der Waals surface area contributed by atoms with Gasteiger partial charge in [0, 0.05) is 27.5 Å². The van der Waals surface area contributed by atoms with Crippen LogP contribution in [0.5, 0.6) is 0 Å². The molecular weight excluding hydrogens is 406 g/mol. The smallest absolute Gasteiger partial charge is 0.251 e. The molecule has 0 saturated heterocycles. The topological polar surface area (TPSA) is 70.2 Å². The van der Waals surface area contributed by atoms with Crippen LogP contribution < -0.4 is 16.0 Å². The summed E-state index contributed by atoms with van der Waals surface area (Å²) in [6, 6.07) is 14.9. The normalized spacial score (nSPS) is 14.4. The quantitative estimate of drug-likeness (QED) is 0.629. The molecular formula is C21H24BrN3O2. The number of benzene rings is 2. The molecule has 0 bridgehead atoms. The van der Waals surface area contributed by atoms with Crippen LogP contribution in [0.15, 0.2) is 53.0 Å². The van der Waals surface area contributed by atoms with Crippen LogP contribution in [0.3, 0.4) is 0 Å². The van der Waals surface area contributed by atoms with Gasteiger partial charge in [-0.15, -0.1) is 0 Å². The highest BCUT2D eigenvalue weighted by Gasteiger charge is 2.16. The van der Waals surface area contributed by atoms with Crippen LogP contribution in [-0.2, 0) is 4.79 Å². The molecule has 0 atom stereocenters. The highest BCUT2D eigenvalue weighted by molar-refractivity contribution is 9.10. The first kappa shape index (κ1) is 19.4. The second kappa shape index (κ2) is 9.55. The van der Waals surface area contributed by atoms with Gasteiger partial charge in [0.1, 0.15) is 0 Å². The summed E-state index contributed by atoms with van der Waals surface area (Å²) >= 11 is 3.44. The number of para-hydroxylation sites is 1. The lowest BCUT2D eigenvalue weighted by Crippen LogP contribution is -2.36. The summed E-state index contributed by atoms with van der Waals surface area (Å²) in [5.41, 5.74) is 2.15. The number of carbonyl (C=O) groups excluding carboxylic acids is 2. The zero-order valence-electron chi connectivity index (χ0n) is 15.1. The maximum Gasteiger partial charge on any atom is 0.251 e. The number of carbonyl (C=O) groups is 2. The highest BCUT2D eigenvalue weighted by atomic mass is 79.9. The molecule has 1 saturated carbocycles. The minimum absolute atomic E-state index is 0.0460. The molecule has 142 valence electrons. The van der Waals surface area contributed by atoms with Crippen LogP contribution in [0.25, 0.3) is 0 Å². The van der Waals surface area contributed by atoms with E-state index in [0.29, 0.717) is 11.3 Å². The number of anilines is 2. The van der Waals surface area contributed by atoms with Gasteiger partial charge in [0.15, 0.2) is 0 Å². The summed E-state index contributed by atoms with van der Waals surface area (Å²) in [5, 5.41) is 9.01. The van der Waals surface area contributed by atoms with Crippen molar-refractivity contribution in [1.29, 1.82) is 0 Å². The van der Waals surface area contributed by atoms with Crippen molar-refractivity contribution in [2.45, 2.75) is 38.1 Å². The molecule has 2 aromatic carbocycles. The summed E-state index contributed by atoms with van der Waals surface area (Å²) < 4.78 is 0.908. The Morgan fingerprint density at radius 1 is 0.963 bits per heavy atom. The van der Waals surface area contributed by atoms with Gasteiger partial charge in [-0.25, -0.2) is 0 Å². The van der Waals surface area contributed by atoms with E-state index in [4.69, 9.17) is 0 Å². The number of rotatable bonds is 6. The van der Waals surface area contributed by atoms with Gasteiger partial charge in [-0.05, 0) is 65.2 Å². The Balaban J connectivity index is 1.48. The van der Waals surface area contributed by atoms with Crippen LogP contribution in [-0.4, -0.2) is 24.4 Å². The van der Waals surface area contributed by atoms with Crippen molar-refractivity contribution in [3.63, 3.8) is 0 Å². The predicted molar refractivity (Wildman–Crippen MR) is 112 cm³/mol. The first-order valence-corrected chi connectivity index (χ1v) is 10.1. The number of hydrogen-bond donors (Lipinski definition) is 3. The molecule has 3 N–H and O–H groups in total. The monoisotopic (exact) mass is 429 g/mol. The average Bonchev–Trinajstić information content (AvgIpc) is 2.69. The second-order valence-electron chi connectivity index (χ2n) is 6.77. The fraction of sp³-hybridized carbons (Fsp3) is 0.333. The predicted octanol–water partition coefficient (Wildman–Crippen LogP) is 4.56. The summed E-state index contributed by atoms with van der Waals surface area (Å²) in [5.74, 6) is -0.194. The van der Waals surface area contributed by atoms with Gasteiger partial charge in [-0.2, -0.15) is 0 Å². The lowest BCUT2D eigenvalue weighted by atomic mass is 9.95. The number of nitrogens with one attached hydrogen (secondary N) is 3. The molecule has 0 heterocycles. The number of amides is 2. The fourth-order valence-electron chi connectivity index (χ4n) is 3.21. The van der Waals surface area contributed by atoms with Gasteiger partial charge in [0.25, 0.3) is 5.91 Å².